The van der Waals surface area contributed by atoms with Gasteiger partial charge in [0, 0.05) is 12.8 Å². The molecule has 0 radical (unpaired) electrons. The van der Waals surface area contributed by atoms with Crippen LogP contribution in [0.1, 0.15) is 39.0 Å². The van der Waals surface area contributed by atoms with Crippen molar-refractivity contribution in [1.82, 2.24) is 0 Å². The maximum atomic E-state index is 11.1. The molecule has 0 aliphatic heterocycles. The maximum Gasteiger partial charge on any atom is 0.133 e. The largest absolute Gasteiger partial charge is 0.300 e. The predicted molar refractivity (Wildman–Crippen MR) is 53.1 cm³/mol. The van der Waals surface area contributed by atoms with E-state index in [0.717, 1.165) is 25.7 Å². The summed E-state index contributed by atoms with van der Waals surface area (Å²) in [6, 6.07) is 0. The normalized spacial score (nSPS) is 10.4. The standard InChI is InChI=1S/C11H18O/c1-3-5-7-8-10-11(12)9-6-4-2/h3-5H,2,6-10H2,1H3/b5-3-. The first-order valence-corrected chi connectivity index (χ1v) is 4.55. The highest BCUT2D eigenvalue weighted by Crippen LogP contribution is 2.02. The zero-order chi connectivity index (χ0) is 9.23. The molecule has 1 heteroatoms. The quantitative estimate of drug-likeness (QED) is 0.419. The lowest BCUT2D eigenvalue weighted by molar-refractivity contribution is -0.119. The topological polar surface area (TPSA) is 17.1 Å². The smallest absolute Gasteiger partial charge is 0.133 e. The van der Waals surface area contributed by atoms with Crippen LogP contribution in [0.15, 0.2) is 24.8 Å². The van der Waals surface area contributed by atoms with Crippen LogP contribution in [0.2, 0.25) is 0 Å². The SMILES string of the molecule is C=CCCC(=O)CCC/C=C\C. The van der Waals surface area contributed by atoms with Gasteiger partial charge in [0.25, 0.3) is 0 Å². The van der Waals surface area contributed by atoms with Crippen molar-refractivity contribution in [2.24, 2.45) is 0 Å². The van der Waals surface area contributed by atoms with Gasteiger partial charge in [-0.2, -0.15) is 0 Å². The van der Waals surface area contributed by atoms with Gasteiger partial charge < -0.3 is 0 Å². The van der Waals surface area contributed by atoms with E-state index in [1.165, 1.54) is 0 Å². The molecular formula is C11H18O. The number of hydrogen-bond donors (Lipinski definition) is 0. The van der Waals surface area contributed by atoms with Gasteiger partial charge in [-0.25, -0.2) is 0 Å². The van der Waals surface area contributed by atoms with Crippen molar-refractivity contribution in [2.45, 2.75) is 39.0 Å². The highest BCUT2D eigenvalue weighted by Gasteiger charge is 1.98. The summed E-state index contributed by atoms with van der Waals surface area (Å²) < 4.78 is 0. The van der Waals surface area contributed by atoms with Crippen LogP contribution >= 0.6 is 0 Å². The summed E-state index contributed by atoms with van der Waals surface area (Å²) in [6.45, 7) is 5.58. The van der Waals surface area contributed by atoms with E-state index >= 15 is 0 Å². The lowest BCUT2D eigenvalue weighted by Gasteiger charge is -1.95. The lowest BCUT2D eigenvalue weighted by atomic mass is 10.1. The summed E-state index contributed by atoms with van der Waals surface area (Å²) in [7, 11) is 0. The Balaban J connectivity index is 3.25. The number of allylic oxidation sites excluding steroid dienone is 3. The molecule has 68 valence electrons. The van der Waals surface area contributed by atoms with E-state index in [2.05, 4.69) is 12.7 Å². The summed E-state index contributed by atoms with van der Waals surface area (Å²) in [6.07, 6.45) is 10.1. The Hall–Kier alpha value is -0.850. The van der Waals surface area contributed by atoms with Gasteiger partial charge in [-0.1, -0.05) is 18.2 Å². The molecule has 0 fully saturated rings. The first-order chi connectivity index (χ1) is 5.81. The second-order valence-corrected chi connectivity index (χ2v) is 2.83. The maximum absolute atomic E-state index is 11.1. The van der Waals surface area contributed by atoms with Crippen molar-refractivity contribution in [1.29, 1.82) is 0 Å². The van der Waals surface area contributed by atoms with Crippen LogP contribution in [0.5, 0.6) is 0 Å². The molecule has 0 heterocycles. The molecule has 1 nitrogen and oxygen atoms in total. The predicted octanol–water partition coefficient (Wildman–Crippen LogP) is 3.27. The fourth-order valence-corrected chi connectivity index (χ4v) is 0.972. The van der Waals surface area contributed by atoms with Crippen LogP contribution in [0.25, 0.3) is 0 Å². The molecule has 0 bridgehead atoms. The fraction of sp³-hybridized carbons (Fsp3) is 0.545. The molecule has 0 atom stereocenters. The van der Waals surface area contributed by atoms with Crippen LogP contribution in [-0.2, 0) is 4.79 Å². The average molecular weight is 166 g/mol. The number of rotatable bonds is 7. The van der Waals surface area contributed by atoms with Crippen LogP contribution in [-0.4, -0.2) is 5.78 Å². The number of carbonyl (C=O) groups is 1. The molecule has 0 spiro atoms. The van der Waals surface area contributed by atoms with E-state index in [1.54, 1.807) is 6.08 Å². The molecule has 0 aromatic carbocycles. The Morgan fingerprint density at radius 3 is 2.67 bits per heavy atom. The van der Waals surface area contributed by atoms with Crippen molar-refractivity contribution < 1.29 is 4.79 Å². The fourth-order valence-electron chi connectivity index (χ4n) is 0.972. The molecular weight excluding hydrogens is 148 g/mol. The van der Waals surface area contributed by atoms with E-state index in [9.17, 15) is 4.79 Å². The minimum Gasteiger partial charge on any atom is -0.300 e. The number of hydrogen-bond acceptors (Lipinski definition) is 1. The van der Waals surface area contributed by atoms with Gasteiger partial charge in [-0.3, -0.25) is 4.79 Å². The Morgan fingerprint density at radius 2 is 2.08 bits per heavy atom. The first kappa shape index (κ1) is 11.2. The number of Topliss-reactive ketones (excluding diaryl/α,β-unsaturated/α-hetero) is 1. The minimum absolute atomic E-state index is 0.361. The summed E-state index contributed by atoms with van der Waals surface area (Å²) in [4.78, 5) is 11.1. The van der Waals surface area contributed by atoms with E-state index in [-0.39, 0.29) is 0 Å². The van der Waals surface area contributed by atoms with E-state index in [4.69, 9.17) is 0 Å². The third-order valence-electron chi connectivity index (χ3n) is 1.69. The molecule has 12 heavy (non-hydrogen) atoms. The molecule has 0 unspecified atom stereocenters. The zero-order valence-corrected chi connectivity index (χ0v) is 7.88. The van der Waals surface area contributed by atoms with Gasteiger partial charge in [0.15, 0.2) is 0 Å². The van der Waals surface area contributed by atoms with Gasteiger partial charge in [0.1, 0.15) is 5.78 Å². The lowest BCUT2D eigenvalue weighted by Crippen LogP contribution is -1.95. The molecule has 0 amide bonds. The van der Waals surface area contributed by atoms with Crippen molar-refractivity contribution in [3.63, 3.8) is 0 Å². The van der Waals surface area contributed by atoms with Gasteiger partial charge in [-0.05, 0) is 26.2 Å². The minimum atomic E-state index is 0.361. The third kappa shape index (κ3) is 7.26. The number of ketones is 1. The highest BCUT2D eigenvalue weighted by atomic mass is 16.1. The van der Waals surface area contributed by atoms with Crippen molar-refractivity contribution >= 4 is 5.78 Å². The highest BCUT2D eigenvalue weighted by molar-refractivity contribution is 5.78. The molecule has 0 rings (SSSR count). The molecule has 0 aromatic heterocycles. The van der Waals surface area contributed by atoms with Crippen LogP contribution in [0, 0.1) is 0 Å². The third-order valence-corrected chi connectivity index (χ3v) is 1.69. The van der Waals surface area contributed by atoms with E-state index in [1.807, 2.05) is 13.0 Å². The molecule has 0 aliphatic carbocycles. The van der Waals surface area contributed by atoms with Gasteiger partial charge in [0.05, 0.1) is 0 Å². The summed E-state index contributed by atoms with van der Waals surface area (Å²) in [5, 5.41) is 0. The van der Waals surface area contributed by atoms with Gasteiger partial charge in [0.2, 0.25) is 0 Å². The first-order valence-electron chi connectivity index (χ1n) is 4.55. The number of carbonyl (C=O) groups excluding carboxylic acids is 1. The Labute approximate surface area is 75.2 Å². The van der Waals surface area contributed by atoms with E-state index in [0.29, 0.717) is 12.2 Å². The van der Waals surface area contributed by atoms with Crippen LogP contribution in [0.3, 0.4) is 0 Å². The summed E-state index contributed by atoms with van der Waals surface area (Å²) in [5.41, 5.74) is 0. The van der Waals surface area contributed by atoms with E-state index < -0.39 is 0 Å². The monoisotopic (exact) mass is 166 g/mol. The molecule has 0 aromatic rings. The van der Waals surface area contributed by atoms with Crippen LogP contribution in [0.4, 0.5) is 0 Å². The van der Waals surface area contributed by atoms with Crippen LogP contribution < -0.4 is 0 Å². The van der Waals surface area contributed by atoms with Crippen molar-refractivity contribution in [3.05, 3.63) is 24.8 Å². The number of unbranched alkanes of at least 4 members (excludes halogenated alkanes) is 1. The van der Waals surface area contributed by atoms with Gasteiger partial charge in [-0.15, -0.1) is 6.58 Å². The van der Waals surface area contributed by atoms with Crippen molar-refractivity contribution in [3.8, 4) is 0 Å². The van der Waals surface area contributed by atoms with Crippen molar-refractivity contribution in [2.75, 3.05) is 0 Å². The molecule has 0 saturated heterocycles. The molecule has 0 aliphatic rings. The summed E-state index contributed by atoms with van der Waals surface area (Å²) >= 11 is 0. The second kappa shape index (κ2) is 8.25. The average Bonchev–Trinajstić information content (AvgIpc) is 2.09. The molecule has 0 saturated carbocycles. The Morgan fingerprint density at radius 1 is 1.33 bits per heavy atom. The second-order valence-electron chi connectivity index (χ2n) is 2.83. The summed E-state index contributed by atoms with van der Waals surface area (Å²) in [5.74, 6) is 0.361. The zero-order valence-electron chi connectivity index (χ0n) is 7.88. The molecule has 0 N–H and O–H groups in total. The Kier molecular flexibility index (Phi) is 7.66. The van der Waals surface area contributed by atoms with Gasteiger partial charge >= 0.3 is 0 Å². The Bertz CT molecular complexity index is 156.